The van der Waals surface area contributed by atoms with Gasteiger partial charge >= 0.3 is 0 Å². The van der Waals surface area contributed by atoms with Gasteiger partial charge < -0.3 is 4.74 Å². The lowest BCUT2D eigenvalue weighted by molar-refractivity contribution is 0.338. The van der Waals surface area contributed by atoms with E-state index in [0.29, 0.717) is 12.4 Å². The molecule has 0 aromatic heterocycles. The lowest BCUT2D eigenvalue weighted by atomic mass is 10.3. The van der Waals surface area contributed by atoms with Crippen LogP contribution in [0.15, 0.2) is 24.3 Å². The smallest absolute Gasteiger partial charge is 0.126 e. The van der Waals surface area contributed by atoms with Crippen molar-refractivity contribution in [2.75, 3.05) is 6.61 Å². The van der Waals surface area contributed by atoms with Crippen LogP contribution in [0.1, 0.15) is 6.92 Å². The molecule has 0 aliphatic carbocycles. The predicted octanol–water partition coefficient (Wildman–Crippen LogP) is 2.53. The molecular formula is C8H11F3O. The molecule has 1 nitrogen and oxygen atoms in total. The first-order valence-electron chi connectivity index (χ1n) is 3.21. The Kier molecular flexibility index (Phi) is 7.28. The summed E-state index contributed by atoms with van der Waals surface area (Å²) < 4.78 is 17.5. The van der Waals surface area contributed by atoms with Gasteiger partial charge in [-0.2, -0.15) is 0 Å². The molecule has 4 heteroatoms. The molecule has 0 saturated heterocycles. The van der Waals surface area contributed by atoms with Gasteiger partial charge in [-0.05, 0) is 19.1 Å². The van der Waals surface area contributed by atoms with E-state index in [-0.39, 0.29) is 15.2 Å². The zero-order chi connectivity index (χ0) is 7.40. The van der Waals surface area contributed by atoms with Gasteiger partial charge in [-0.1, -0.05) is 6.07 Å². The van der Waals surface area contributed by atoms with Gasteiger partial charge in [-0.25, -0.2) is 4.39 Å². The Labute approximate surface area is 68.9 Å². The fourth-order valence-electron chi connectivity index (χ4n) is 0.723. The molecule has 0 aliphatic heterocycles. The van der Waals surface area contributed by atoms with Gasteiger partial charge in [0.1, 0.15) is 11.6 Å². The zero-order valence-corrected chi connectivity index (χ0v) is 6.62. The molecule has 0 aliphatic rings. The van der Waals surface area contributed by atoms with Gasteiger partial charge in [0.15, 0.2) is 0 Å². The Bertz CT molecular complexity index is 215. The normalized spacial score (nSPS) is 7.83. The van der Waals surface area contributed by atoms with E-state index < -0.39 is 0 Å². The third-order valence-electron chi connectivity index (χ3n) is 1.11. The summed E-state index contributed by atoms with van der Waals surface area (Å²) in [5.41, 5.74) is 0. The molecule has 0 heterocycles. The van der Waals surface area contributed by atoms with Gasteiger partial charge in [0, 0.05) is 6.07 Å². The third-order valence-corrected chi connectivity index (χ3v) is 1.11. The van der Waals surface area contributed by atoms with Crippen LogP contribution >= 0.6 is 0 Å². The standard InChI is InChI=1S/C8H9FO.2FH/c1-2-10-8-5-3-4-7(9)6-8;;/h3-6H,2H2,1H3;2*1H. The van der Waals surface area contributed by atoms with Gasteiger partial charge in [-0.15, -0.1) is 0 Å². The Morgan fingerprint density at radius 3 is 2.50 bits per heavy atom. The highest BCUT2D eigenvalue weighted by Gasteiger charge is 1.91. The highest BCUT2D eigenvalue weighted by molar-refractivity contribution is 5.22. The van der Waals surface area contributed by atoms with Crippen LogP contribution in [0.2, 0.25) is 0 Å². The maximum Gasteiger partial charge on any atom is 0.126 e. The molecule has 1 aromatic carbocycles. The molecule has 0 N–H and O–H groups in total. The summed E-state index contributed by atoms with van der Waals surface area (Å²) in [6.45, 7) is 2.44. The number of rotatable bonds is 2. The van der Waals surface area contributed by atoms with E-state index >= 15 is 0 Å². The highest BCUT2D eigenvalue weighted by atomic mass is 19.1. The molecule has 0 fully saturated rings. The van der Waals surface area contributed by atoms with Crippen LogP contribution in [0.3, 0.4) is 0 Å². The van der Waals surface area contributed by atoms with Crippen molar-refractivity contribution in [2.24, 2.45) is 0 Å². The molecular weight excluding hydrogens is 169 g/mol. The van der Waals surface area contributed by atoms with Crippen molar-refractivity contribution >= 4 is 0 Å². The number of hydrogen-bond acceptors (Lipinski definition) is 1. The second-order valence-electron chi connectivity index (χ2n) is 1.89. The molecule has 0 unspecified atom stereocenters. The molecule has 12 heavy (non-hydrogen) atoms. The number of halogens is 3. The van der Waals surface area contributed by atoms with E-state index in [9.17, 15) is 4.39 Å². The summed E-state index contributed by atoms with van der Waals surface area (Å²) in [6, 6.07) is 6.11. The van der Waals surface area contributed by atoms with Crippen LogP contribution in [-0.4, -0.2) is 6.61 Å². The molecule has 1 rings (SSSR count). The summed E-state index contributed by atoms with van der Waals surface area (Å²) in [6.07, 6.45) is 0. The van der Waals surface area contributed by atoms with Crippen LogP contribution in [0.25, 0.3) is 0 Å². The maximum absolute atomic E-state index is 12.4. The van der Waals surface area contributed by atoms with E-state index in [1.54, 1.807) is 12.1 Å². The fraction of sp³-hybridized carbons (Fsp3) is 0.250. The van der Waals surface area contributed by atoms with Crippen LogP contribution in [-0.2, 0) is 0 Å². The second-order valence-corrected chi connectivity index (χ2v) is 1.89. The lowest BCUT2D eigenvalue weighted by Gasteiger charge is -2.00. The minimum atomic E-state index is -0.258. The minimum absolute atomic E-state index is 0. The van der Waals surface area contributed by atoms with E-state index in [1.165, 1.54) is 12.1 Å². The quantitative estimate of drug-likeness (QED) is 0.679. The summed E-state index contributed by atoms with van der Waals surface area (Å²) in [4.78, 5) is 0. The molecule has 70 valence electrons. The van der Waals surface area contributed by atoms with Gasteiger partial charge in [0.05, 0.1) is 6.61 Å². The van der Waals surface area contributed by atoms with Crippen molar-refractivity contribution in [2.45, 2.75) is 6.92 Å². The molecule has 0 saturated carbocycles. The van der Waals surface area contributed by atoms with E-state index in [2.05, 4.69) is 0 Å². The molecule has 0 radical (unpaired) electrons. The van der Waals surface area contributed by atoms with Gasteiger partial charge in [0.25, 0.3) is 0 Å². The Morgan fingerprint density at radius 2 is 2.00 bits per heavy atom. The summed E-state index contributed by atoms with van der Waals surface area (Å²) in [5.74, 6) is 0.327. The first-order chi connectivity index (χ1) is 4.83. The average molecular weight is 180 g/mol. The minimum Gasteiger partial charge on any atom is -0.494 e. The highest BCUT2D eigenvalue weighted by Crippen LogP contribution is 2.10. The SMILES string of the molecule is CCOc1cccc(F)c1.F.F. The van der Waals surface area contributed by atoms with Gasteiger partial charge in [-0.3, -0.25) is 9.41 Å². The van der Waals surface area contributed by atoms with Crippen LogP contribution < -0.4 is 4.74 Å². The lowest BCUT2D eigenvalue weighted by Crippen LogP contribution is -1.90. The largest absolute Gasteiger partial charge is 0.494 e. The third kappa shape index (κ3) is 3.85. The van der Waals surface area contributed by atoms with Crippen molar-refractivity contribution < 1.29 is 18.5 Å². The maximum atomic E-state index is 12.4. The molecule has 0 bridgehead atoms. The predicted molar refractivity (Wildman–Crippen MR) is 42.6 cm³/mol. The van der Waals surface area contributed by atoms with E-state index in [4.69, 9.17) is 4.74 Å². The Morgan fingerprint density at radius 1 is 1.33 bits per heavy atom. The molecule has 1 aromatic rings. The van der Waals surface area contributed by atoms with Crippen molar-refractivity contribution in [1.82, 2.24) is 0 Å². The van der Waals surface area contributed by atoms with Crippen LogP contribution in [0, 0.1) is 5.82 Å². The van der Waals surface area contributed by atoms with Crippen LogP contribution in [0.4, 0.5) is 13.8 Å². The van der Waals surface area contributed by atoms with E-state index in [0.717, 1.165) is 0 Å². The Balaban J connectivity index is 0. The second kappa shape index (κ2) is 6.52. The summed E-state index contributed by atoms with van der Waals surface area (Å²) in [5, 5.41) is 0. The zero-order valence-electron chi connectivity index (χ0n) is 6.62. The number of benzene rings is 1. The van der Waals surface area contributed by atoms with Crippen molar-refractivity contribution in [3.8, 4) is 5.75 Å². The van der Waals surface area contributed by atoms with Crippen molar-refractivity contribution in [1.29, 1.82) is 0 Å². The topological polar surface area (TPSA) is 9.23 Å². The summed E-state index contributed by atoms with van der Waals surface area (Å²) in [7, 11) is 0. The number of hydrogen-bond donors (Lipinski definition) is 0. The van der Waals surface area contributed by atoms with E-state index in [1.807, 2.05) is 6.92 Å². The molecule has 0 atom stereocenters. The van der Waals surface area contributed by atoms with Crippen LogP contribution in [0.5, 0.6) is 5.75 Å². The van der Waals surface area contributed by atoms with Crippen molar-refractivity contribution in [3.63, 3.8) is 0 Å². The first kappa shape index (κ1) is 13.4. The first-order valence-corrected chi connectivity index (χ1v) is 3.21. The average Bonchev–Trinajstić information content (AvgIpc) is 1.88. The Hall–Kier alpha value is -1.19. The monoisotopic (exact) mass is 180 g/mol. The van der Waals surface area contributed by atoms with Gasteiger partial charge in [0.2, 0.25) is 0 Å². The number of ether oxygens (including phenoxy) is 1. The summed E-state index contributed by atoms with van der Waals surface area (Å²) >= 11 is 0. The van der Waals surface area contributed by atoms with Crippen molar-refractivity contribution in [3.05, 3.63) is 30.1 Å². The molecule has 0 amide bonds. The molecule has 0 spiro atoms. The fourth-order valence-corrected chi connectivity index (χ4v) is 0.723.